The first kappa shape index (κ1) is 25.0. The molecule has 0 bridgehead atoms. The quantitative estimate of drug-likeness (QED) is 0.364. The highest BCUT2D eigenvalue weighted by Crippen LogP contribution is 2.22. The molecule has 1 aromatic heterocycles. The van der Waals surface area contributed by atoms with Gasteiger partial charge in [-0.3, -0.25) is 9.59 Å². The Bertz CT molecular complexity index is 1270. The van der Waals surface area contributed by atoms with Crippen LogP contribution >= 0.6 is 11.6 Å². The van der Waals surface area contributed by atoms with Crippen LogP contribution in [0.2, 0.25) is 5.02 Å². The fourth-order valence-corrected chi connectivity index (χ4v) is 3.53. The van der Waals surface area contributed by atoms with E-state index in [4.69, 9.17) is 20.8 Å². The summed E-state index contributed by atoms with van der Waals surface area (Å²) in [6.07, 6.45) is 0.371. The highest BCUT2D eigenvalue weighted by molar-refractivity contribution is 6.30. The molecule has 0 unspecified atom stereocenters. The minimum Gasteiger partial charge on any atom is -0.459 e. The maximum atomic E-state index is 12.9. The van der Waals surface area contributed by atoms with Crippen molar-refractivity contribution in [3.8, 4) is 0 Å². The second kappa shape index (κ2) is 11.0. The second-order valence-corrected chi connectivity index (χ2v) is 8.69. The van der Waals surface area contributed by atoms with Gasteiger partial charge in [0.2, 0.25) is 5.91 Å². The molecule has 0 saturated heterocycles. The average molecular weight is 485 g/mol. The third kappa shape index (κ3) is 6.68. The van der Waals surface area contributed by atoms with E-state index in [9.17, 15) is 19.2 Å². The monoisotopic (exact) mass is 484 g/mol. The van der Waals surface area contributed by atoms with Crippen LogP contribution in [0.3, 0.4) is 0 Å². The zero-order valence-corrected chi connectivity index (χ0v) is 19.8. The van der Waals surface area contributed by atoms with Crippen LogP contribution in [-0.2, 0) is 20.9 Å². The lowest BCUT2D eigenvalue weighted by Crippen LogP contribution is -2.42. The average Bonchev–Trinajstić information content (AvgIpc) is 2.76. The van der Waals surface area contributed by atoms with E-state index in [-0.39, 0.29) is 24.0 Å². The summed E-state index contributed by atoms with van der Waals surface area (Å²) in [5.74, 6) is -1.19. The van der Waals surface area contributed by atoms with Crippen LogP contribution in [0.25, 0.3) is 11.0 Å². The molecule has 2 N–H and O–H groups in total. The number of hydrogen-bond acceptors (Lipinski definition) is 6. The van der Waals surface area contributed by atoms with Gasteiger partial charge in [0.05, 0.1) is 0 Å². The molecule has 0 aliphatic heterocycles. The third-order valence-corrected chi connectivity index (χ3v) is 5.18. The van der Waals surface area contributed by atoms with E-state index in [0.717, 1.165) is 0 Å². The molecule has 0 spiro atoms. The smallest absolute Gasteiger partial charge is 0.336 e. The number of anilines is 1. The summed E-state index contributed by atoms with van der Waals surface area (Å²) in [4.78, 5) is 48.8. The first-order valence-electron chi connectivity index (χ1n) is 10.7. The molecule has 3 aromatic rings. The van der Waals surface area contributed by atoms with Crippen LogP contribution in [0.4, 0.5) is 5.69 Å². The van der Waals surface area contributed by atoms with Gasteiger partial charge in [-0.25, -0.2) is 9.59 Å². The molecule has 2 aromatic carbocycles. The first-order chi connectivity index (χ1) is 16.1. The number of fused-ring (bicyclic) bond motifs is 1. The van der Waals surface area contributed by atoms with Crippen LogP contribution < -0.4 is 16.3 Å². The second-order valence-electron chi connectivity index (χ2n) is 8.25. The molecule has 2 amide bonds. The minimum absolute atomic E-state index is 0.111. The Morgan fingerprint density at radius 2 is 1.76 bits per heavy atom. The number of nitrogens with one attached hydrogen (secondary N) is 2. The normalized spacial score (nSPS) is 11.8. The molecule has 8 nitrogen and oxygen atoms in total. The number of amides is 2. The van der Waals surface area contributed by atoms with Gasteiger partial charge in [0.1, 0.15) is 18.2 Å². The lowest BCUT2D eigenvalue weighted by molar-refractivity contribution is -0.147. The van der Waals surface area contributed by atoms with Crippen molar-refractivity contribution in [2.45, 2.75) is 39.8 Å². The SMILES string of the molecule is CC(=O)Nc1ccc2c(COC(=O)[C@H](CC(C)C)NC(=O)c3ccc(Cl)cc3)cc(=O)oc2c1. The Morgan fingerprint density at radius 1 is 1.06 bits per heavy atom. The van der Waals surface area contributed by atoms with Crippen molar-refractivity contribution >= 4 is 46.0 Å². The molecule has 1 heterocycles. The van der Waals surface area contributed by atoms with Gasteiger partial charge in [-0.1, -0.05) is 25.4 Å². The summed E-state index contributed by atoms with van der Waals surface area (Å²) in [5, 5.41) is 6.40. The molecule has 178 valence electrons. The molecule has 9 heteroatoms. The summed E-state index contributed by atoms with van der Waals surface area (Å²) in [5.41, 5.74) is 0.918. The third-order valence-electron chi connectivity index (χ3n) is 4.92. The zero-order chi connectivity index (χ0) is 24.8. The number of rotatable bonds is 8. The molecule has 0 radical (unpaired) electrons. The zero-order valence-electron chi connectivity index (χ0n) is 19.0. The summed E-state index contributed by atoms with van der Waals surface area (Å²) in [6, 6.07) is 11.5. The highest BCUT2D eigenvalue weighted by atomic mass is 35.5. The van der Waals surface area contributed by atoms with E-state index >= 15 is 0 Å². The van der Waals surface area contributed by atoms with Crippen molar-refractivity contribution in [3.63, 3.8) is 0 Å². The number of hydrogen-bond donors (Lipinski definition) is 2. The highest BCUT2D eigenvalue weighted by Gasteiger charge is 2.24. The van der Waals surface area contributed by atoms with Gasteiger partial charge in [-0.2, -0.15) is 0 Å². The predicted octanol–water partition coefficient (Wildman–Crippen LogP) is 4.29. The lowest BCUT2D eigenvalue weighted by atomic mass is 10.0. The minimum atomic E-state index is -0.874. The van der Waals surface area contributed by atoms with Crippen molar-refractivity contribution in [2.75, 3.05) is 5.32 Å². The molecule has 1 atom stereocenters. The summed E-state index contributed by atoms with van der Waals surface area (Å²) >= 11 is 5.87. The largest absolute Gasteiger partial charge is 0.459 e. The van der Waals surface area contributed by atoms with Crippen molar-refractivity contribution < 1.29 is 23.5 Å². The van der Waals surface area contributed by atoms with Crippen LogP contribution in [0.15, 0.2) is 57.7 Å². The summed E-state index contributed by atoms with van der Waals surface area (Å²) < 4.78 is 10.7. The molecule has 3 rings (SSSR count). The van der Waals surface area contributed by atoms with Gasteiger partial charge < -0.3 is 19.8 Å². The number of esters is 1. The molecular weight excluding hydrogens is 460 g/mol. The van der Waals surface area contributed by atoms with Crippen molar-refractivity contribution in [1.29, 1.82) is 0 Å². The van der Waals surface area contributed by atoms with Crippen LogP contribution in [0.1, 0.15) is 43.1 Å². The fraction of sp³-hybridized carbons (Fsp3) is 0.280. The predicted molar refractivity (Wildman–Crippen MR) is 129 cm³/mol. The maximum Gasteiger partial charge on any atom is 0.336 e. The standard InChI is InChI=1S/C25H25ClN2O6/c1-14(2)10-21(28-24(31)16-4-6-18(26)7-5-16)25(32)33-13-17-11-23(30)34-22-12-19(27-15(3)29)8-9-20(17)22/h4-9,11-12,14,21H,10,13H2,1-3H3,(H,27,29)(H,28,31)/t21-/m0/s1. The van der Waals surface area contributed by atoms with E-state index in [2.05, 4.69) is 10.6 Å². The molecule has 34 heavy (non-hydrogen) atoms. The van der Waals surface area contributed by atoms with Crippen molar-refractivity contribution in [2.24, 2.45) is 5.92 Å². The van der Waals surface area contributed by atoms with E-state index in [1.54, 1.807) is 36.4 Å². The van der Waals surface area contributed by atoms with Crippen LogP contribution in [-0.4, -0.2) is 23.8 Å². The van der Waals surface area contributed by atoms with Gasteiger partial charge in [-0.05, 0) is 48.7 Å². The van der Waals surface area contributed by atoms with Gasteiger partial charge in [-0.15, -0.1) is 0 Å². The Hall–Kier alpha value is -3.65. The van der Waals surface area contributed by atoms with Gasteiger partial charge in [0, 0.05) is 46.3 Å². The number of halogens is 1. The summed E-state index contributed by atoms with van der Waals surface area (Å²) in [6.45, 7) is 5.04. The van der Waals surface area contributed by atoms with Crippen LogP contribution in [0.5, 0.6) is 0 Å². The Morgan fingerprint density at radius 3 is 2.41 bits per heavy atom. The molecule has 0 fully saturated rings. The number of carbonyl (C=O) groups excluding carboxylic acids is 3. The number of ether oxygens (including phenoxy) is 1. The fourth-order valence-electron chi connectivity index (χ4n) is 3.41. The first-order valence-corrected chi connectivity index (χ1v) is 11.1. The molecule has 0 saturated carbocycles. The van der Waals surface area contributed by atoms with Crippen molar-refractivity contribution in [1.82, 2.24) is 5.32 Å². The van der Waals surface area contributed by atoms with Gasteiger partial charge in [0.15, 0.2) is 0 Å². The Balaban J connectivity index is 1.76. The maximum absolute atomic E-state index is 12.9. The van der Waals surface area contributed by atoms with E-state index < -0.39 is 23.5 Å². The summed E-state index contributed by atoms with van der Waals surface area (Å²) in [7, 11) is 0. The molecule has 0 aliphatic carbocycles. The Labute approximate surface area is 201 Å². The lowest BCUT2D eigenvalue weighted by Gasteiger charge is -2.19. The number of benzene rings is 2. The van der Waals surface area contributed by atoms with Gasteiger partial charge in [0.25, 0.3) is 5.91 Å². The topological polar surface area (TPSA) is 115 Å². The van der Waals surface area contributed by atoms with E-state index in [1.807, 2.05) is 13.8 Å². The molecular formula is C25H25ClN2O6. The Kier molecular flexibility index (Phi) is 8.07. The van der Waals surface area contributed by atoms with Gasteiger partial charge >= 0.3 is 11.6 Å². The molecule has 0 aliphatic rings. The van der Waals surface area contributed by atoms with Crippen LogP contribution in [0, 0.1) is 5.92 Å². The number of carbonyl (C=O) groups is 3. The van der Waals surface area contributed by atoms with Crippen molar-refractivity contribution in [3.05, 3.63) is 75.1 Å². The van der Waals surface area contributed by atoms with E-state index in [0.29, 0.717) is 33.6 Å². The van der Waals surface area contributed by atoms with E-state index in [1.165, 1.54) is 19.1 Å².